The van der Waals surface area contributed by atoms with Crippen molar-refractivity contribution in [1.82, 2.24) is 5.32 Å². The molecule has 20 heavy (non-hydrogen) atoms. The topological polar surface area (TPSA) is 12.0 Å². The van der Waals surface area contributed by atoms with Gasteiger partial charge in [0.1, 0.15) is 0 Å². The Balaban J connectivity index is 2.06. The molecule has 1 atom stereocenters. The average Bonchev–Trinajstić information content (AvgIpc) is 2.37. The summed E-state index contributed by atoms with van der Waals surface area (Å²) in [7, 11) is 0. The Morgan fingerprint density at radius 1 is 1.00 bits per heavy atom. The second-order valence-corrected chi connectivity index (χ2v) is 5.97. The molecule has 0 aromatic heterocycles. The quantitative estimate of drug-likeness (QED) is 0.823. The highest BCUT2D eigenvalue weighted by atomic mass is 35.5. The average molecular weight is 288 g/mol. The highest BCUT2D eigenvalue weighted by molar-refractivity contribution is 6.30. The minimum absolute atomic E-state index is 0.339. The Morgan fingerprint density at radius 2 is 1.75 bits per heavy atom. The van der Waals surface area contributed by atoms with Crippen molar-refractivity contribution in [3.05, 3.63) is 69.2 Å². The number of hydrogen-bond donors (Lipinski definition) is 1. The maximum absolute atomic E-state index is 5.99. The van der Waals surface area contributed by atoms with E-state index >= 15 is 0 Å². The van der Waals surface area contributed by atoms with Crippen molar-refractivity contribution in [2.45, 2.75) is 40.3 Å². The third-order valence-corrected chi connectivity index (χ3v) is 4.03. The third-order valence-electron chi connectivity index (χ3n) is 3.80. The maximum Gasteiger partial charge on any atom is 0.0408 e. The predicted molar refractivity (Wildman–Crippen MR) is 87.4 cm³/mol. The van der Waals surface area contributed by atoms with Crippen LogP contribution in [0.4, 0.5) is 0 Å². The van der Waals surface area contributed by atoms with Crippen LogP contribution in [0.1, 0.15) is 40.8 Å². The molecule has 2 aromatic carbocycles. The molecular formula is C18H22ClN. The summed E-state index contributed by atoms with van der Waals surface area (Å²) in [5.74, 6) is 0. The zero-order valence-corrected chi connectivity index (χ0v) is 13.4. The third kappa shape index (κ3) is 3.62. The lowest BCUT2D eigenvalue weighted by Crippen LogP contribution is -2.19. The van der Waals surface area contributed by atoms with Gasteiger partial charge in [-0.15, -0.1) is 0 Å². The van der Waals surface area contributed by atoms with E-state index in [-0.39, 0.29) is 0 Å². The standard InChI is InChI=1S/C18H22ClN/c1-12-5-8-18(14(3)9-12)15(4)20-11-16-6-7-17(19)10-13(16)2/h5-10,15,20H,11H2,1-4H3. The van der Waals surface area contributed by atoms with Gasteiger partial charge in [-0.2, -0.15) is 0 Å². The first-order valence-electron chi connectivity index (χ1n) is 7.03. The molecule has 0 amide bonds. The fourth-order valence-corrected chi connectivity index (χ4v) is 2.77. The molecule has 2 rings (SSSR count). The fourth-order valence-electron chi connectivity index (χ4n) is 2.54. The molecule has 2 heteroatoms. The molecule has 0 aliphatic rings. The first-order valence-corrected chi connectivity index (χ1v) is 7.40. The summed E-state index contributed by atoms with van der Waals surface area (Å²) >= 11 is 5.99. The summed E-state index contributed by atoms with van der Waals surface area (Å²) in [4.78, 5) is 0. The minimum atomic E-state index is 0.339. The SMILES string of the molecule is Cc1ccc(C(C)NCc2ccc(Cl)cc2C)c(C)c1. The van der Waals surface area contributed by atoms with Crippen molar-refractivity contribution in [3.63, 3.8) is 0 Å². The molecule has 0 aliphatic heterocycles. The van der Waals surface area contributed by atoms with Crippen LogP contribution in [0.5, 0.6) is 0 Å². The lowest BCUT2D eigenvalue weighted by molar-refractivity contribution is 0.571. The molecule has 1 nitrogen and oxygen atoms in total. The largest absolute Gasteiger partial charge is 0.306 e. The second-order valence-electron chi connectivity index (χ2n) is 5.53. The van der Waals surface area contributed by atoms with Crippen LogP contribution in [0.15, 0.2) is 36.4 Å². The van der Waals surface area contributed by atoms with Gasteiger partial charge in [-0.05, 0) is 62.1 Å². The van der Waals surface area contributed by atoms with E-state index in [0.29, 0.717) is 6.04 Å². The lowest BCUT2D eigenvalue weighted by Gasteiger charge is -2.18. The van der Waals surface area contributed by atoms with Gasteiger partial charge in [-0.1, -0.05) is 41.4 Å². The number of hydrogen-bond acceptors (Lipinski definition) is 1. The Bertz CT molecular complexity index is 604. The molecule has 0 radical (unpaired) electrons. The van der Waals surface area contributed by atoms with Crippen LogP contribution in [0.25, 0.3) is 0 Å². The van der Waals surface area contributed by atoms with Crippen LogP contribution in [0.2, 0.25) is 5.02 Å². The summed E-state index contributed by atoms with van der Waals surface area (Å²) in [6, 6.07) is 13.0. The van der Waals surface area contributed by atoms with Crippen molar-refractivity contribution in [3.8, 4) is 0 Å². The van der Waals surface area contributed by atoms with Gasteiger partial charge in [0.2, 0.25) is 0 Å². The Morgan fingerprint density at radius 3 is 2.40 bits per heavy atom. The van der Waals surface area contributed by atoms with Crippen LogP contribution in [0.3, 0.4) is 0 Å². The van der Waals surface area contributed by atoms with Crippen LogP contribution >= 0.6 is 11.6 Å². The monoisotopic (exact) mass is 287 g/mol. The summed E-state index contributed by atoms with van der Waals surface area (Å²) in [5.41, 5.74) is 6.55. The summed E-state index contributed by atoms with van der Waals surface area (Å²) in [6.45, 7) is 9.48. The van der Waals surface area contributed by atoms with E-state index in [1.54, 1.807) is 0 Å². The van der Waals surface area contributed by atoms with Gasteiger partial charge in [0.15, 0.2) is 0 Å². The molecule has 0 spiro atoms. The lowest BCUT2D eigenvalue weighted by atomic mass is 10.00. The summed E-state index contributed by atoms with van der Waals surface area (Å²) in [5, 5.41) is 4.39. The van der Waals surface area contributed by atoms with E-state index in [0.717, 1.165) is 11.6 Å². The van der Waals surface area contributed by atoms with E-state index in [9.17, 15) is 0 Å². The highest BCUT2D eigenvalue weighted by Gasteiger charge is 2.08. The Kier molecular flexibility index (Phi) is 4.85. The van der Waals surface area contributed by atoms with Gasteiger partial charge in [-0.25, -0.2) is 0 Å². The van der Waals surface area contributed by atoms with Crippen LogP contribution in [-0.4, -0.2) is 0 Å². The number of nitrogens with one attached hydrogen (secondary N) is 1. The molecule has 0 saturated carbocycles. The van der Waals surface area contributed by atoms with Gasteiger partial charge in [0.05, 0.1) is 0 Å². The van der Waals surface area contributed by atoms with E-state index < -0.39 is 0 Å². The molecule has 0 fully saturated rings. The smallest absolute Gasteiger partial charge is 0.0408 e. The molecular weight excluding hydrogens is 266 g/mol. The zero-order chi connectivity index (χ0) is 14.7. The zero-order valence-electron chi connectivity index (χ0n) is 12.6. The summed E-state index contributed by atoms with van der Waals surface area (Å²) in [6.07, 6.45) is 0. The fraction of sp³-hybridized carbons (Fsp3) is 0.333. The number of aryl methyl sites for hydroxylation is 3. The molecule has 0 heterocycles. The Hall–Kier alpha value is -1.31. The molecule has 0 saturated heterocycles. The van der Waals surface area contributed by atoms with E-state index in [1.807, 2.05) is 12.1 Å². The van der Waals surface area contributed by atoms with Gasteiger partial charge in [0, 0.05) is 17.6 Å². The van der Waals surface area contributed by atoms with Gasteiger partial charge in [-0.3, -0.25) is 0 Å². The number of halogens is 1. The molecule has 1 N–H and O–H groups in total. The van der Waals surface area contributed by atoms with Crippen molar-refractivity contribution in [2.24, 2.45) is 0 Å². The van der Waals surface area contributed by atoms with E-state index in [1.165, 1.54) is 27.8 Å². The summed E-state index contributed by atoms with van der Waals surface area (Å²) < 4.78 is 0. The molecule has 0 bridgehead atoms. The first kappa shape index (κ1) is 15.1. The minimum Gasteiger partial charge on any atom is -0.306 e. The normalized spacial score (nSPS) is 12.4. The van der Waals surface area contributed by atoms with Crippen molar-refractivity contribution < 1.29 is 0 Å². The van der Waals surface area contributed by atoms with Crippen molar-refractivity contribution in [1.29, 1.82) is 0 Å². The molecule has 1 unspecified atom stereocenters. The molecule has 2 aromatic rings. The van der Waals surface area contributed by atoms with Crippen LogP contribution < -0.4 is 5.32 Å². The van der Waals surface area contributed by atoms with Crippen LogP contribution in [-0.2, 0) is 6.54 Å². The molecule has 106 valence electrons. The highest BCUT2D eigenvalue weighted by Crippen LogP contribution is 2.20. The number of rotatable bonds is 4. The first-order chi connectivity index (χ1) is 9.47. The van der Waals surface area contributed by atoms with Crippen molar-refractivity contribution in [2.75, 3.05) is 0 Å². The molecule has 0 aliphatic carbocycles. The van der Waals surface area contributed by atoms with Gasteiger partial charge >= 0.3 is 0 Å². The van der Waals surface area contributed by atoms with Crippen LogP contribution in [0, 0.1) is 20.8 Å². The van der Waals surface area contributed by atoms with E-state index in [4.69, 9.17) is 11.6 Å². The number of benzene rings is 2. The van der Waals surface area contributed by atoms with Crippen molar-refractivity contribution >= 4 is 11.6 Å². The van der Waals surface area contributed by atoms with Gasteiger partial charge in [0.25, 0.3) is 0 Å². The Labute approximate surface area is 127 Å². The maximum atomic E-state index is 5.99. The predicted octanol–water partition coefficient (Wildman–Crippen LogP) is 5.12. The van der Waals surface area contributed by atoms with Gasteiger partial charge < -0.3 is 5.32 Å². The van der Waals surface area contributed by atoms with E-state index in [2.05, 4.69) is 57.3 Å². The second kappa shape index (κ2) is 6.43.